The highest BCUT2D eigenvalue weighted by Gasteiger charge is 2.22. The van der Waals surface area contributed by atoms with E-state index in [0.29, 0.717) is 0 Å². The first kappa shape index (κ1) is 8.20. The maximum absolute atomic E-state index is 12.1. The van der Waals surface area contributed by atoms with E-state index in [1.54, 1.807) is 6.07 Å². The van der Waals surface area contributed by atoms with E-state index in [9.17, 15) is 8.78 Å². The third-order valence-corrected chi connectivity index (χ3v) is 1.47. The van der Waals surface area contributed by atoms with E-state index in [0.717, 1.165) is 0 Å². The third kappa shape index (κ3) is 1.77. The molecule has 0 aliphatic rings. The maximum atomic E-state index is 12.1. The topological polar surface area (TPSA) is 39.2 Å². The summed E-state index contributed by atoms with van der Waals surface area (Å²) in [6.45, 7) is -0.0921. The molecule has 0 spiro atoms. The highest BCUT2D eigenvalue weighted by atomic mass is 19.3. The second kappa shape index (κ2) is 3.48. The molecule has 0 bridgehead atoms. The molecule has 1 aromatic rings. The van der Waals surface area contributed by atoms with Gasteiger partial charge in [-0.25, -0.2) is 8.78 Å². The molecule has 0 saturated carbocycles. The molecule has 1 atom stereocenters. The number of halogens is 2. The van der Waals surface area contributed by atoms with E-state index in [2.05, 4.69) is 0 Å². The van der Waals surface area contributed by atoms with Gasteiger partial charge in [0, 0.05) is 6.54 Å². The highest BCUT2D eigenvalue weighted by Crippen LogP contribution is 2.21. The molecule has 4 heteroatoms. The Labute approximate surface area is 63.0 Å². The van der Waals surface area contributed by atoms with E-state index in [1.807, 2.05) is 0 Å². The molecular formula is C7H9F2NO. The molecule has 1 heterocycles. The van der Waals surface area contributed by atoms with Crippen LogP contribution in [-0.2, 0) is 0 Å². The van der Waals surface area contributed by atoms with Crippen molar-refractivity contribution in [3.05, 3.63) is 24.2 Å². The summed E-state index contributed by atoms with van der Waals surface area (Å²) in [5, 5.41) is 0. The average molecular weight is 161 g/mol. The molecule has 0 aliphatic carbocycles. The summed E-state index contributed by atoms with van der Waals surface area (Å²) < 4.78 is 29.0. The smallest absolute Gasteiger partial charge is 0.249 e. The fourth-order valence-electron chi connectivity index (χ4n) is 0.845. The lowest BCUT2D eigenvalue weighted by Crippen LogP contribution is -2.18. The fraction of sp³-hybridized carbons (Fsp3) is 0.429. The highest BCUT2D eigenvalue weighted by molar-refractivity contribution is 5.06. The first-order valence-electron chi connectivity index (χ1n) is 3.27. The van der Waals surface area contributed by atoms with Crippen molar-refractivity contribution in [3.8, 4) is 0 Å². The molecular weight excluding hydrogens is 152 g/mol. The Morgan fingerprint density at radius 2 is 2.27 bits per heavy atom. The van der Waals surface area contributed by atoms with Gasteiger partial charge in [0.25, 0.3) is 0 Å². The maximum Gasteiger partial charge on any atom is 0.249 e. The van der Waals surface area contributed by atoms with Gasteiger partial charge < -0.3 is 10.2 Å². The molecule has 0 aromatic carbocycles. The standard InChI is InChI=1S/C7H9F2NO/c8-7(9)5(4-10)6-2-1-3-11-6/h1-3,5,7H,4,10H2. The molecule has 1 rings (SSSR count). The Morgan fingerprint density at radius 1 is 1.55 bits per heavy atom. The summed E-state index contributed by atoms with van der Waals surface area (Å²) in [5.74, 6) is -0.715. The number of hydrogen-bond donors (Lipinski definition) is 1. The largest absolute Gasteiger partial charge is 0.469 e. The predicted molar refractivity (Wildman–Crippen MR) is 36.5 cm³/mol. The second-order valence-electron chi connectivity index (χ2n) is 2.19. The molecule has 2 nitrogen and oxygen atoms in total. The molecule has 62 valence electrons. The van der Waals surface area contributed by atoms with Gasteiger partial charge in [-0.2, -0.15) is 0 Å². The second-order valence-corrected chi connectivity index (χ2v) is 2.19. The molecule has 1 unspecified atom stereocenters. The molecule has 0 aliphatic heterocycles. The van der Waals surface area contributed by atoms with E-state index in [1.165, 1.54) is 12.3 Å². The Hall–Kier alpha value is -0.900. The van der Waals surface area contributed by atoms with Crippen LogP contribution in [0.15, 0.2) is 22.8 Å². The number of furan rings is 1. The molecule has 11 heavy (non-hydrogen) atoms. The number of alkyl halides is 2. The van der Waals surface area contributed by atoms with Gasteiger partial charge in [0.1, 0.15) is 5.76 Å². The first-order chi connectivity index (χ1) is 5.25. The van der Waals surface area contributed by atoms with Crippen molar-refractivity contribution in [2.75, 3.05) is 6.54 Å². The minimum absolute atomic E-state index is 0.0921. The Morgan fingerprint density at radius 3 is 2.64 bits per heavy atom. The van der Waals surface area contributed by atoms with Crippen LogP contribution in [0, 0.1) is 0 Å². The number of rotatable bonds is 3. The van der Waals surface area contributed by atoms with Crippen LogP contribution in [0.4, 0.5) is 8.78 Å². The minimum atomic E-state index is -2.45. The lowest BCUT2D eigenvalue weighted by Gasteiger charge is -2.09. The van der Waals surface area contributed by atoms with Gasteiger partial charge in [-0.1, -0.05) is 0 Å². The number of hydrogen-bond acceptors (Lipinski definition) is 2. The third-order valence-electron chi connectivity index (χ3n) is 1.47. The van der Waals surface area contributed by atoms with Crippen molar-refractivity contribution in [1.82, 2.24) is 0 Å². The molecule has 0 fully saturated rings. The van der Waals surface area contributed by atoms with E-state index >= 15 is 0 Å². The van der Waals surface area contributed by atoms with Crippen LogP contribution >= 0.6 is 0 Å². The van der Waals surface area contributed by atoms with Crippen LogP contribution in [0.25, 0.3) is 0 Å². The van der Waals surface area contributed by atoms with Crippen molar-refractivity contribution in [2.45, 2.75) is 12.3 Å². The van der Waals surface area contributed by atoms with Crippen LogP contribution in [0.5, 0.6) is 0 Å². The average Bonchev–Trinajstić information content (AvgIpc) is 2.40. The van der Waals surface area contributed by atoms with Gasteiger partial charge in [0.05, 0.1) is 12.2 Å². The fourth-order valence-corrected chi connectivity index (χ4v) is 0.845. The predicted octanol–water partition coefficient (Wildman–Crippen LogP) is 1.59. The quantitative estimate of drug-likeness (QED) is 0.731. The minimum Gasteiger partial charge on any atom is -0.469 e. The molecule has 0 radical (unpaired) electrons. The van der Waals surface area contributed by atoms with Crippen LogP contribution in [0.1, 0.15) is 11.7 Å². The van der Waals surface area contributed by atoms with Gasteiger partial charge in [-0.15, -0.1) is 0 Å². The van der Waals surface area contributed by atoms with Crippen molar-refractivity contribution < 1.29 is 13.2 Å². The number of nitrogens with two attached hydrogens (primary N) is 1. The van der Waals surface area contributed by atoms with Crippen molar-refractivity contribution in [1.29, 1.82) is 0 Å². The molecule has 0 amide bonds. The van der Waals surface area contributed by atoms with Gasteiger partial charge in [-0.3, -0.25) is 0 Å². The SMILES string of the molecule is NCC(c1ccco1)C(F)F. The Kier molecular flexibility index (Phi) is 2.59. The van der Waals surface area contributed by atoms with E-state index in [4.69, 9.17) is 10.2 Å². The summed E-state index contributed by atoms with van der Waals surface area (Å²) >= 11 is 0. The van der Waals surface area contributed by atoms with Crippen molar-refractivity contribution >= 4 is 0 Å². The summed E-state index contributed by atoms with van der Waals surface area (Å²) in [7, 11) is 0. The molecule has 0 saturated heterocycles. The van der Waals surface area contributed by atoms with Gasteiger partial charge in [-0.05, 0) is 12.1 Å². The zero-order valence-electron chi connectivity index (χ0n) is 5.84. The summed E-state index contributed by atoms with van der Waals surface area (Å²) in [6.07, 6.45) is -1.09. The van der Waals surface area contributed by atoms with Crippen LogP contribution < -0.4 is 5.73 Å². The van der Waals surface area contributed by atoms with E-state index < -0.39 is 12.3 Å². The van der Waals surface area contributed by atoms with Crippen LogP contribution in [0.3, 0.4) is 0 Å². The summed E-state index contributed by atoms with van der Waals surface area (Å²) in [6, 6.07) is 3.07. The normalized spacial score (nSPS) is 13.8. The summed E-state index contributed by atoms with van der Waals surface area (Å²) in [5.41, 5.74) is 5.12. The zero-order chi connectivity index (χ0) is 8.27. The van der Waals surface area contributed by atoms with E-state index in [-0.39, 0.29) is 12.3 Å². The van der Waals surface area contributed by atoms with Crippen molar-refractivity contribution in [3.63, 3.8) is 0 Å². The monoisotopic (exact) mass is 161 g/mol. The molecule has 1 aromatic heterocycles. The lowest BCUT2D eigenvalue weighted by atomic mass is 10.1. The summed E-state index contributed by atoms with van der Waals surface area (Å²) in [4.78, 5) is 0. The first-order valence-corrected chi connectivity index (χ1v) is 3.27. The van der Waals surface area contributed by atoms with Crippen molar-refractivity contribution in [2.24, 2.45) is 5.73 Å². The molecule has 2 N–H and O–H groups in total. The zero-order valence-corrected chi connectivity index (χ0v) is 5.84. The van der Waals surface area contributed by atoms with Crippen LogP contribution in [-0.4, -0.2) is 13.0 Å². The van der Waals surface area contributed by atoms with Gasteiger partial charge >= 0.3 is 0 Å². The van der Waals surface area contributed by atoms with Gasteiger partial charge in [0.15, 0.2) is 0 Å². The Bertz CT molecular complexity index is 198. The van der Waals surface area contributed by atoms with Gasteiger partial charge in [0.2, 0.25) is 6.43 Å². The lowest BCUT2D eigenvalue weighted by molar-refractivity contribution is 0.107. The van der Waals surface area contributed by atoms with Crippen LogP contribution in [0.2, 0.25) is 0 Å². The Balaban J connectivity index is 2.71.